The number of hydrogen-bond acceptors (Lipinski definition) is 8. The molecule has 13 nitrogen and oxygen atoms in total. The number of hydrogen-bond donors (Lipinski definition) is 6. The van der Waals surface area contributed by atoms with Crippen molar-refractivity contribution in [1.82, 2.24) is 31.6 Å². The molecule has 1 aromatic rings. The van der Waals surface area contributed by atoms with Crippen molar-refractivity contribution in [3.8, 4) is 0 Å². The third-order valence-electron chi connectivity index (χ3n) is 15.2. The Morgan fingerprint density at radius 1 is 0.689 bits per heavy atom. The van der Waals surface area contributed by atoms with Gasteiger partial charge in [0, 0.05) is 59.8 Å². The Morgan fingerprint density at radius 2 is 1.22 bits per heavy atom. The quantitative estimate of drug-likeness (QED) is 0.0291. The summed E-state index contributed by atoms with van der Waals surface area (Å²) >= 11 is 0. The second-order valence-corrected chi connectivity index (χ2v) is 24.4. The third kappa shape index (κ3) is 22.5. The van der Waals surface area contributed by atoms with E-state index in [2.05, 4.69) is 60.9 Å². The number of ketones is 1. The van der Waals surface area contributed by atoms with E-state index in [-0.39, 0.29) is 53.5 Å². The Balaban J connectivity index is 1.61. The summed E-state index contributed by atoms with van der Waals surface area (Å²) in [5, 5.41) is 27.7. The largest absolute Gasteiger partial charge is 0.351 e. The molecule has 1 aliphatic heterocycles. The van der Waals surface area contributed by atoms with E-state index in [0.717, 1.165) is 82.6 Å². The number of carbonyl (C=O) groups excluding carboxylic acids is 6. The predicted octanol–water partition coefficient (Wildman–Crippen LogP) is 10.9. The first kappa shape index (κ1) is 63.9. The van der Waals surface area contributed by atoms with E-state index in [0.29, 0.717) is 69.6 Å². The summed E-state index contributed by atoms with van der Waals surface area (Å²) in [6.07, 6.45) is 21.8. The van der Waals surface area contributed by atoms with Crippen LogP contribution in [-0.4, -0.2) is 86.9 Å². The van der Waals surface area contributed by atoms with Crippen LogP contribution in [0.3, 0.4) is 0 Å². The average molecular weight is 1030 g/mol. The molecule has 5 amide bonds. The van der Waals surface area contributed by atoms with Gasteiger partial charge in [-0.1, -0.05) is 155 Å². The van der Waals surface area contributed by atoms with Gasteiger partial charge in [0.1, 0.15) is 17.9 Å². The first-order chi connectivity index (χ1) is 35.0. The number of piperidine rings is 1. The molecule has 0 radical (unpaired) electrons. The molecule has 1 aromatic carbocycles. The summed E-state index contributed by atoms with van der Waals surface area (Å²) in [7, 11) is 0. The molecule has 2 aliphatic rings. The van der Waals surface area contributed by atoms with Crippen LogP contribution in [0, 0.1) is 35.5 Å². The molecule has 7 atom stereocenters. The maximum Gasteiger partial charge on any atom is 0.243 e. The summed E-state index contributed by atoms with van der Waals surface area (Å²) in [5.74, 6) is -2.11. The lowest BCUT2D eigenvalue weighted by atomic mass is 9.79. The van der Waals surface area contributed by atoms with Gasteiger partial charge in [-0.05, 0) is 115 Å². The fourth-order valence-corrected chi connectivity index (χ4v) is 11.3. The van der Waals surface area contributed by atoms with E-state index in [1.807, 2.05) is 97.0 Å². The third-order valence-corrected chi connectivity index (χ3v) is 15.2. The van der Waals surface area contributed by atoms with Crippen molar-refractivity contribution in [3.63, 3.8) is 0 Å². The first-order valence-electron chi connectivity index (χ1n) is 28.8. The van der Waals surface area contributed by atoms with Gasteiger partial charge in [0.2, 0.25) is 29.5 Å². The molecule has 0 aromatic heterocycles. The Labute approximate surface area is 447 Å². The van der Waals surface area contributed by atoms with Crippen LogP contribution in [0.5, 0.6) is 0 Å². The van der Waals surface area contributed by atoms with Crippen LogP contribution in [0.15, 0.2) is 55.1 Å². The highest BCUT2D eigenvalue weighted by atomic mass is 16.5. The van der Waals surface area contributed by atoms with E-state index in [1.54, 1.807) is 0 Å². The number of rotatable bonds is 34. The van der Waals surface area contributed by atoms with Crippen molar-refractivity contribution < 1.29 is 34.0 Å². The molecule has 1 saturated carbocycles. The number of benzene rings is 1. The summed E-state index contributed by atoms with van der Waals surface area (Å²) in [6.45, 7) is 25.9. The molecular formula is C61H102N6O7. The van der Waals surface area contributed by atoms with Crippen LogP contribution in [0.1, 0.15) is 210 Å². The molecule has 0 spiro atoms. The van der Waals surface area contributed by atoms with Gasteiger partial charge < -0.3 is 31.8 Å². The van der Waals surface area contributed by atoms with Crippen LogP contribution in [0.4, 0.5) is 0 Å². The summed E-state index contributed by atoms with van der Waals surface area (Å²) in [6, 6.07) is 7.75. The smallest absolute Gasteiger partial charge is 0.243 e. The number of carbonyl (C=O) groups is 6. The molecule has 418 valence electrons. The molecule has 3 unspecified atom stereocenters. The zero-order valence-corrected chi connectivity index (χ0v) is 47.9. The first-order valence-corrected chi connectivity index (χ1v) is 28.8. The normalized spacial score (nSPS) is 19.9. The SMILES string of the molecule is C=CC(CC(C)C)NC(=O)CCCCCCCCCCC(=O)N[C@H](/C=C/[C@H](Cc1ccccc1)C(=O)C1CCC[C@H]1C(=O)N[C@H](C(=O)NC(CCCC)C(=O)NC1CC(C)(C)N(O)C(C)(C)C1)C(C)C)CC(C)C. The Kier molecular flexibility index (Phi) is 27.9. The highest BCUT2D eigenvalue weighted by Gasteiger charge is 2.46. The number of nitrogens with zero attached hydrogens (tertiary/aromatic N) is 1. The lowest BCUT2D eigenvalue weighted by molar-refractivity contribution is -0.246. The number of hydroxylamine groups is 2. The average Bonchev–Trinajstić information content (AvgIpc) is 3.82. The summed E-state index contributed by atoms with van der Waals surface area (Å²) < 4.78 is 0. The van der Waals surface area contributed by atoms with Crippen LogP contribution in [0.25, 0.3) is 0 Å². The van der Waals surface area contributed by atoms with Gasteiger partial charge in [0.15, 0.2) is 0 Å². The molecule has 0 bridgehead atoms. The topological polar surface area (TPSA) is 186 Å². The molecule has 6 N–H and O–H groups in total. The molecule has 74 heavy (non-hydrogen) atoms. The molecule has 3 rings (SSSR count). The van der Waals surface area contributed by atoms with Crippen molar-refractivity contribution in [1.29, 1.82) is 0 Å². The summed E-state index contributed by atoms with van der Waals surface area (Å²) in [4.78, 5) is 82.8. The van der Waals surface area contributed by atoms with Gasteiger partial charge in [-0.2, -0.15) is 5.06 Å². The van der Waals surface area contributed by atoms with Crippen LogP contribution in [0.2, 0.25) is 0 Å². The Hall–Kier alpha value is -4.36. The van der Waals surface area contributed by atoms with Crippen LogP contribution in [-0.2, 0) is 35.2 Å². The number of nitrogens with one attached hydrogen (secondary N) is 5. The minimum absolute atomic E-state index is 0.00148. The molecule has 2 fully saturated rings. The van der Waals surface area contributed by atoms with E-state index >= 15 is 0 Å². The maximum atomic E-state index is 14.8. The zero-order chi connectivity index (χ0) is 55.0. The number of unbranched alkanes of at least 4 members (excludes halogenated alkanes) is 8. The molecule has 1 saturated heterocycles. The lowest BCUT2D eigenvalue weighted by Crippen LogP contribution is -2.64. The minimum atomic E-state index is -0.917. The second-order valence-electron chi connectivity index (χ2n) is 24.4. The standard InChI is InChI=1S/C61H102N6O7/c1-13-15-32-52(58(72)64-49-40-60(9,10)67(74)61(11,12)41-49)65-59(73)55(44(7)8)66-57(71)51-31-27-30-50(51)56(70)46(39-45-28-23-22-24-29-45)35-36-48(38-43(5)6)63-54(69)34-26-21-19-17-16-18-20-25-33-53(68)62-47(14-2)37-42(3)4/h14,22-24,28-29,35-36,42-44,46-52,55,74H,2,13,15-21,25-27,30-34,37-41H2,1,3-12H3,(H,62,68)(H,63,69)(H,64,72)(H,65,73)(H,66,71)/b36-35+/t46-,47?,48-,50?,51-,52?,55+/m1/s1. The fraction of sp³-hybridized carbons (Fsp3) is 0.738. The van der Waals surface area contributed by atoms with Crippen molar-refractivity contribution in [3.05, 3.63) is 60.7 Å². The van der Waals surface area contributed by atoms with Crippen molar-refractivity contribution in [2.75, 3.05) is 0 Å². The van der Waals surface area contributed by atoms with E-state index < -0.39 is 46.8 Å². The molecule has 13 heteroatoms. The Morgan fingerprint density at radius 3 is 1.74 bits per heavy atom. The van der Waals surface area contributed by atoms with Gasteiger partial charge in [-0.15, -0.1) is 6.58 Å². The Bertz CT molecular complexity index is 1910. The van der Waals surface area contributed by atoms with Gasteiger partial charge in [-0.3, -0.25) is 28.8 Å². The lowest BCUT2D eigenvalue weighted by Gasteiger charge is -2.51. The second kappa shape index (κ2) is 32.3. The van der Waals surface area contributed by atoms with Gasteiger partial charge in [-0.25, -0.2) is 0 Å². The fourth-order valence-electron chi connectivity index (χ4n) is 11.3. The van der Waals surface area contributed by atoms with Crippen LogP contribution >= 0.6 is 0 Å². The monoisotopic (exact) mass is 1030 g/mol. The van der Waals surface area contributed by atoms with E-state index in [1.165, 1.54) is 5.06 Å². The van der Waals surface area contributed by atoms with Crippen molar-refractivity contribution in [2.45, 2.75) is 252 Å². The van der Waals surface area contributed by atoms with E-state index in [9.17, 15) is 34.0 Å². The van der Waals surface area contributed by atoms with Gasteiger partial charge >= 0.3 is 0 Å². The van der Waals surface area contributed by atoms with Crippen LogP contribution < -0.4 is 26.6 Å². The molecular weight excluding hydrogens is 929 g/mol. The zero-order valence-electron chi connectivity index (χ0n) is 47.9. The predicted molar refractivity (Wildman–Crippen MR) is 299 cm³/mol. The number of Topliss-reactive ketones (excluding diaryl/α,β-unsaturated/α-hetero) is 1. The molecule has 1 aliphatic carbocycles. The van der Waals surface area contributed by atoms with E-state index in [4.69, 9.17) is 0 Å². The molecule has 1 heterocycles. The van der Waals surface area contributed by atoms with Gasteiger partial charge in [0.05, 0.1) is 0 Å². The number of amides is 5. The van der Waals surface area contributed by atoms with Crippen molar-refractivity contribution >= 4 is 35.3 Å². The summed E-state index contributed by atoms with van der Waals surface area (Å²) in [5.41, 5.74) is -0.114. The van der Waals surface area contributed by atoms with Gasteiger partial charge in [0.25, 0.3) is 0 Å². The maximum absolute atomic E-state index is 14.8. The highest BCUT2D eigenvalue weighted by Crippen LogP contribution is 2.38. The minimum Gasteiger partial charge on any atom is -0.351 e. The van der Waals surface area contributed by atoms with Crippen molar-refractivity contribution in [2.24, 2.45) is 35.5 Å². The highest BCUT2D eigenvalue weighted by molar-refractivity contribution is 5.95. The number of allylic oxidation sites excluding steroid dienone is 1.